The summed E-state index contributed by atoms with van der Waals surface area (Å²) in [5, 5.41) is 0. The van der Waals surface area contributed by atoms with Gasteiger partial charge in [0.1, 0.15) is 6.29 Å². The average Bonchev–Trinajstić information content (AvgIpc) is 2.58. The molecule has 0 amide bonds. The Morgan fingerprint density at radius 1 is 0.600 bits per heavy atom. The van der Waals surface area contributed by atoms with Gasteiger partial charge in [-0.1, -0.05) is 6.92 Å². The third-order valence-electron chi connectivity index (χ3n) is 3.86. The van der Waals surface area contributed by atoms with Gasteiger partial charge in [-0.2, -0.15) is 0 Å². The molecule has 7 nitrogen and oxygen atoms in total. The quantitative estimate of drug-likeness (QED) is 0.293. The molecular weight excluding hydrogens is 360 g/mol. The van der Waals surface area contributed by atoms with E-state index < -0.39 is 22.3 Å². The zero-order chi connectivity index (χ0) is 19.4. The van der Waals surface area contributed by atoms with E-state index in [1.165, 1.54) is 0 Å². The van der Waals surface area contributed by atoms with Crippen molar-refractivity contribution < 1.29 is 31.4 Å². The topological polar surface area (TPSA) is 72.5 Å². The van der Waals surface area contributed by atoms with Gasteiger partial charge in [-0.15, -0.1) is 0 Å². The molecule has 150 valence electrons. The van der Waals surface area contributed by atoms with Gasteiger partial charge in [0.25, 0.3) is 0 Å². The van der Waals surface area contributed by atoms with Crippen LogP contribution in [0.25, 0.3) is 0 Å². The van der Waals surface area contributed by atoms with E-state index in [-0.39, 0.29) is 0 Å². The predicted molar refractivity (Wildman–Crippen MR) is 100 cm³/mol. The standard InChI is InChI=1S/C16H36O7Si2/c1-8-16(15-17,24(18-9-2,19-10-3)20-11-4)25(21-12-5,22-13-6)23-14-7/h15H,8-14H2,1-7H3. The maximum absolute atomic E-state index is 12.6. The molecule has 25 heavy (non-hydrogen) atoms. The highest BCUT2D eigenvalue weighted by Gasteiger charge is 2.77. The van der Waals surface area contributed by atoms with E-state index in [4.69, 9.17) is 26.6 Å². The normalized spacial score (nSPS) is 13.2. The summed E-state index contributed by atoms with van der Waals surface area (Å²) in [6.45, 7) is 15.2. The fraction of sp³-hybridized carbons (Fsp3) is 0.938. The van der Waals surface area contributed by atoms with Crippen molar-refractivity contribution >= 4 is 23.9 Å². The van der Waals surface area contributed by atoms with Gasteiger partial charge in [-0.25, -0.2) is 0 Å². The van der Waals surface area contributed by atoms with Gasteiger partial charge in [0.05, 0.1) is 0 Å². The first-order valence-corrected chi connectivity index (χ1v) is 12.7. The molecule has 0 unspecified atom stereocenters. The average molecular weight is 397 g/mol. The molecule has 0 aromatic carbocycles. The van der Waals surface area contributed by atoms with Gasteiger partial charge in [0.15, 0.2) is 4.66 Å². The van der Waals surface area contributed by atoms with Crippen molar-refractivity contribution in [2.75, 3.05) is 39.6 Å². The largest absolute Gasteiger partial charge is 0.519 e. The first kappa shape index (κ1) is 24.9. The Balaban J connectivity index is 6.60. The Kier molecular flexibility index (Phi) is 12.2. The number of rotatable bonds is 16. The van der Waals surface area contributed by atoms with Crippen molar-refractivity contribution in [2.24, 2.45) is 0 Å². The Hall–Kier alpha value is -0.136. The minimum absolute atomic E-state index is 0.358. The first-order chi connectivity index (χ1) is 12.0. The van der Waals surface area contributed by atoms with Crippen LogP contribution >= 0.6 is 0 Å². The van der Waals surface area contributed by atoms with Crippen molar-refractivity contribution in [3.8, 4) is 0 Å². The lowest BCUT2D eigenvalue weighted by Crippen LogP contribution is -2.71. The molecule has 0 bridgehead atoms. The van der Waals surface area contributed by atoms with Gasteiger partial charge in [0, 0.05) is 39.6 Å². The van der Waals surface area contributed by atoms with Crippen molar-refractivity contribution in [1.82, 2.24) is 0 Å². The summed E-state index contributed by atoms with van der Waals surface area (Å²) >= 11 is 0. The SMILES string of the molecule is CCO[Si](OCC)(OCC)C(C=O)(CC)[Si](OCC)(OCC)OCC. The maximum atomic E-state index is 12.6. The molecule has 0 saturated heterocycles. The van der Waals surface area contributed by atoms with E-state index in [0.29, 0.717) is 46.1 Å². The number of hydrogen-bond acceptors (Lipinski definition) is 7. The molecule has 0 atom stereocenters. The second kappa shape index (κ2) is 12.3. The van der Waals surface area contributed by atoms with Crippen LogP contribution in [0.4, 0.5) is 0 Å². The monoisotopic (exact) mass is 396 g/mol. The Labute approximate surface area is 155 Å². The Morgan fingerprint density at radius 2 is 0.840 bits per heavy atom. The molecule has 0 aliphatic rings. The highest BCUT2D eigenvalue weighted by Crippen LogP contribution is 2.50. The second-order valence-corrected chi connectivity index (χ2v) is 11.4. The smallest absolute Gasteiger partial charge is 0.373 e. The van der Waals surface area contributed by atoms with Crippen LogP contribution in [0.15, 0.2) is 0 Å². The minimum atomic E-state index is -3.50. The molecule has 0 aromatic rings. The summed E-state index contributed by atoms with van der Waals surface area (Å²) in [5.41, 5.74) is 0. The van der Waals surface area contributed by atoms with Crippen molar-refractivity contribution in [3.63, 3.8) is 0 Å². The van der Waals surface area contributed by atoms with Gasteiger partial charge >= 0.3 is 17.6 Å². The van der Waals surface area contributed by atoms with Gasteiger partial charge in [-0.05, 0) is 48.0 Å². The lowest BCUT2D eigenvalue weighted by Gasteiger charge is -2.48. The van der Waals surface area contributed by atoms with Crippen LogP contribution in [0, 0.1) is 0 Å². The third-order valence-corrected chi connectivity index (χ3v) is 12.8. The van der Waals surface area contributed by atoms with E-state index >= 15 is 0 Å². The van der Waals surface area contributed by atoms with Crippen molar-refractivity contribution in [1.29, 1.82) is 0 Å². The van der Waals surface area contributed by atoms with Crippen molar-refractivity contribution in [3.05, 3.63) is 0 Å². The zero-order valence-electron chi connectivity index (χ0n) is 16.9. The fourth-order valence-electron chi connectivity index (χ4n) is 3.01. The second-order valence-electron chi connectivity index (χ2n) is 5.15. The summed E-state index contributed by atoms with van der Waals surface area (Å²) in [4.78, 5) is 12.6. The molecule has 0 spiro atoms. The summed E-state index contributed by atoms with van der Waals surface area (Å²) < 4.78 is 35.1. The van der Waals surface area contributed by atoms with Crippen molar-refractivity contribution in [2.45, 2.75) is 59.5 Å². The molecule has 0 heterocycles. The molecule has 0 saturated carbocycles. The van der Waals surface area contributed by atoms with E-state index in [0.717, 1.165) is 6.29 Å². The summed E-state index contributed by atoms with van der Waals surface area (Å²) in [6.07, 6.45) is 1.22. The molecule has 0 radical (unpaired) electrons. The summed E-state index contributed by atoms with van der Waals surface area (Å²) in [6, 6.07) is 0. The van der Waals surface area contributed by atoms with Crippen LogP contribution in [0.2, 0.25) is 4.66 Å². The molecule has 9 heteroatoms. The van der Waals surface area contributed by atoms with Crippen LogP contribution in [-0.4, -0.2) is 63.5 Å². The van der Waals surface area contributed by atoms with E-state index in [2.05, 4.69) is 0 Å². The van der Waals surface area contributed by atoms with Gasteiger partial charge < -0.3 is 31.4 Å². The number of carbonyl (C=O) groups excluding carboxylic acids is 1. The van der Waals surface area contributed by atoms with Crippen LogP contribution in [-0.2, 0) is 31.4 Å². The zero-order valence-corrected chi connectivity index (χ0v) is 18.9. The van der Waals surface area contributed by atoms with Crippen LogP contribution in [0.3, 0.4) is 0 Å². The highest BCUT2D eigenvalue weighted by molar-refractivity contribution is 6.89. The minimum Gasteiger partial charge on any atom is -0.373 e. The number of aldehydes is 1. The van der Waals surface area contributed by atoms with Gasteiger partial charge in [0.2, 0.25) is 0 Å². The van der Waals surface area contributed by atoms with E-state index in [1.54, 1.807) is 0 Å². The lowest BCUT2D eigenvalue weighted by atomic mass is 10.3. The fourth-order valence-corrected chi connectivity index (χ4v) is 11.3. The van der Waals surface area contributed by atoms with E-state index in [9.17, 15) is 4.79 Å². The first-order valence-electron chi connectivity index (χ1n) is 9.28. The molecule has 0 rings (SSSR count). The number of hydrogen-bond donors (Lipinski definition) is 0. The van der Waals surface area contributed by atoms with Gasteiger partial charge in [-0.3, -0.25) is 0 Å². The third kappa shape index (κ3) is 4.98. The summed E-state index contributed by atoms with van der Waals surface area (Å²) in [7, 11) is -7.01. The van der Waals surface area contributed by atoms with Crippen LogP contribution in [0.1, 0.15) is 54.9 Å². The highest BCUT2D eigenvalue weighted by atomic mass is 28.5. The molecule has 0 N–H and O–H groups in total. The van der Waals surface area contributed by atoms with Crippen LogP contribution in [0.5, 0.6) is 0 Å². The molecular formula is C16H36O7Si2. The molecule has 0 aromatic heterocycles. The number of carbonyl (C=O) groups is 1. The lowest BCUT2D eigenvalue weighted by molar-refractivity contribution is -0.113. The molecule has 0 aliphatic carbocycles. The van der Waals surface area contributed by atoms with Crippen LogP contribution < -0.4 is 0 Å². The van der Waals surface area contributed by atoms with E-state index in [1.807, 2.05) is 48.5 Å². The molecule has 0 aliphatic heterocycles. The Bertz CT molecular complexity index is 308. The predicted octanol–water partition coefficient (Wildman–Crippen LogP) is 2.97. The summed E-state index contributed by atoms with van der Waals surface area (Å²) in [5.74, 6) is 0. The maximum Gasteiger partial charge on any atom is 0.519 e. The Morgan fingerprint density at radius 3 is 0.960 bits per heavy atom. The molecule has 0 fully saturated rings.